The largest absolute Gasteiger partial charge is 0.593 e. The fraction of sp³-hybridized carbons (Fsp3) is 0.176. The number of ether oxygens (including phenoxy) is 1. The molecule has 1 heterocycles. The van der Waals surface area contributed by atoms with Gasteiger partial charge in [-0.1, -0.05) is 35.6 Å². The number of carbonyl (C=O) groups excluding carboxylic acids is 1. The van der Waals surface area contributed by atoms with E-state index < -0.39 is 29.3 Å². The van der Waals surface area contributed by atoms with Crippen molar-refractivity contribution in [3.8, 4) is 0 Å². The monoisotopic (exact) mass is 429 g/mol. The second-order valence-electron chi connectivity index (χ2n) is 5.47. The summed E-state index contributed by atoms with van der Waals surface area (Å²) in [5.74, 6) is -0.253. The first kappa shape index (κ1) is 21.4. The number of anilines is 1. The molecule has 1 amide bonds. The minimum absolute atomic E-state index is 0.163. The SMILES string of the molecule is C=C(C)OC(=O)Nc1ncc(C(N[S@@+]([O-])C(=C)C)c2ccc(F)cc2Cl)s1. The summed E-state index contributed by atoms with van der Waals surface area (Å²) in [5.41, 5.74) is 0.507. The van der Waals surface area contributed by atoms with Gasteiger partial charge in [-0.05, 0) is 31.2 Å². The maximum absolute atomic E-state index is 13.4. The number of hydrogen-bond donors (Lipinski definition) is 2. The van der Waals surface area contributed by atoms with E-state index in [9.17, 15) is 13.7 Å². The number of allylic oxidation sites excluding steroid dienone is 2. The predicted octanol–water partition coefficient (Wildman–Crippen LogP) is 4.89. The van der Waals surface area contributed by atoms with E-state index in [0.717, 1.165) is 11.3 Å². The first-order valence-electron chi connectivity index (χ1n) is 7.56. The maximum atomic E-state index is 13.4. The Labute approximate surface area is 168 Å². The van der Waals surface area contributed by atoms with E-state index in [2.05, 4.69) is 28.2 Å². The Balaban J connectivity index is 2.32. The number of benzene rings is 1. The van der Waals surface area contributed by atoms with E-state index in [1.807, 2.05) is 0 Å². The van der Waals surface area contributed by atoms with Crippen LogP contribution in [0.1, 0.15) is 30.3 Å². The van der Waals surface area contributed by atoms with Crippen LogP contribution in [0.5, 0.6) is 0 Å². The molecule has 2 N–H and O–H groups in total. The zero-order chi connectivity index (χ0) is 20.1. The van der Waals surface area contributed by atoms with Crippen molar-refractivity contribution < 1.29 is 18.5 Å². The van der Waals surface area contributed by atoms with Gasteiger partial charge < -0.3 is 9.29 Å². The predicted molar refractivity (Wildman–Crippen MR) is 106 cm³/mol. The Morgan fingerprint density at radius 3 is 2.74 bits per heavy atom. The van der Waals surface area contributed by atoms with Crippen molar-refractivity contribution in [2.75, 3.05) is 5.32 Å². The van der Waals surface area contributed by atoms with Crippen molar-refractivity contribution in [2.24, 2.45) is 0 Å². The van der Waals surface area contributed by atoms with Gasteiger partial charge in [0.05, 0.1) is 22.0 Å². The molecule has 0 radical (unpaired) electrons. The lowest BCUT2D eigenvalue weighted by Gasteiger charge is -2.20. The van der Waals surface area contributed by atoms with Gasteiger partial charge in [0.2, 0.25) is 0 Å². The number of nitrogens with one attached hydrogen (secondary N) is 2. The molecule has 0 bridgehead atoms. The summed E-state index contributed by atoms with van der Waals surface area (Å²) in [6.07, 6.45) is 0.770. The average molecular weight is 430 g/mol. The molecule has 10 heteroatoms. The van der Waals surface area contributed by atoms with Gasteiger partial charge in [-0.25, -0.2) is 14.2 Å². The van der Waals surface area contributed by atoms with Gasteiger partial charge in [0.25, 0.3) is 0 Å². The van der Waals surface area contributed by atoms with Crippen LogP contribution in [0.15, 0.2) is 48.2 Å². The molecule has 144 valence electrons. The maximum Gasteiger partial charge on any atom is 0.418 e. The molecule has 1 aromatic heterocycles. The highest BCUT2D eigenvalue weighted by molar-refractivity contribution is 7.93. The third-order valence-electron chi connectivity index (χ3n) is 3.10. The lowest BCUT2D eigenvalue weighted by atomic mass is 10.1. The average Bonchev–Trinajstić information content (AvgIpc) is 3.00. The summed E-state index contributed by atoms with van der Waals surface area (Å²) >= 11 is 5.73. The Bertz CT molecular complexity index is 875. The minimum atomic E-state index is -1.57. The number of amides is 1. The molecule has 0 spiro atoms. The van der Waals surface area contributed by atoms with Gasteiger partial charge in [-0.15, -0.1) is 4.72 Å². The molecule has 0 aliphatic heterocycles. The molecule has 0 aliphatic carbocycles. The van der Waals surface area contributed by atoms with Crippen LogP contribution in [0.3, 0.4) is 0 Å². The lowest BCUT2D eigenvalue weighted by Crippen LogP contribution is -2.29. The molecular formula is C17H17ClFN3O3S2. The van der Waals surface area contributed by atoms with Crippen LogP contribution >= 0.6 is 22.9 Å². The number of nitrogens with zero attached hydrogens (tertiary/aromatic N) is 1. The summed E-state index contributed by atoms with van der Waals surface area (Å²) in [5, 5.41) is 2.90. The quantitative estimate of drug-likeness (QED) is 0.483. The van der Waals surface area contributed by atoms with Crippen molar-refractivity contribution >= 4 is 45.5 Å². The van der Waals surface area contributed by atoms with Gasteiger partial charge in [-0.2, -0.15) is 0 Å². The molecule has 6 nitrogen and oxygen atoms in total. The summed E-state index contributed by atoms with van der Waals surface area (Å²) < 4.78 is 33.4. The minimum Gasteiger partial charge on any atom is -0.593 e. The van der Waals surface area contributed by atoms with Crippen molar-refractivity contribution in [2.45, 2.75) is 19.9 Å². The second kappa shape index (κ2) is 9.34. The Kier molecular flexibility index (Phi) is 7.40. The normalized spacial score (nSPS) is 12.9. The third-order valence-corrected chi connectivity index (χ3v) is 5.49. The molecule has 0 fully saturated rings. The first-order valence-corrected chi connectivity index (χ1v) is 9.90. The fourth-order valence-electron chi connectivity index (χ4n) is 1.97. The molecule has 0 saturated carbocycles. The molecule has 27 heavy (non-hydrogen) atoms. The Morgan fingerprint density at radius 2 is 2.15 bits per heavy atom. The van der Waals surface area contributed by atoms with Gasteiger partial charge in [0.15, 0.2) is 5.13 Å². The van der Waals surface area contributed by atoms with Crippen LogP contribution < -0.4 is 10.0 Å². The van der Waals surface area contributed by atoms with Gasteiger partial charge in [0.1, 0.15) is 16.8 Å². The molecule has 2 rings (SSSR count). The molecular weight excluding hydrogens is 413 g/mol. The molecule has 1 unspecified atom stereocenters. The Hall–Kier alpha value is -1.91. The van der Waals surface area contributed by atoms with Crippen LogP contribution in [0.4, 0.5) is 14.3 Å². The highest BCUT2D eigenvalue weighted by Crippen LogP contribution is 2.34. The highest BCUT2D eigenvalue weighted by atomic mass is 35.5. The summed E-state index contributed by atoms with van der Waals surface area (Å²) in [7, 11) is 0. The van der Waals surface area contributed by atoms with Crippen LogP contribution in [0.2, 0.25) is 5.02 Å². The van der Waals surface area contributed by atoms with Crippen LogP contribution in [0.25, 0.3) is 0 Å². The van der Waals surface area contributed by atoms with E-state index in [1.54, 1.807) is 6.92 Å². The van der Waals surface area contributed by atoms with Crippen LogP contribution in [-0.2, 0) is 16.1 Å². The van der Waals surface area contributed by atoms with Gasteiger partial charge in [0, 0.05) is 18.1 Å². The molecule has 2 aromatic rings. The first-order chi connectivity index (χ1) is 12.7. The third kappa shape index (κ3) is 6.05. The zero-order valence-corrected chi connectivity index (χ0v) is 16.9. The smallest absolute Gasteiger partial charge is 0.418 e. The van der Waals surface area contributed by atoms with E-state index in [1.165, 1.54) is 31.3 Å². The summed E-state index contributed by atoms with van der Waals surface area (Å²) in [6, 6.07) is 3.26. The molecule has 0 saturated heterocycles. The number of carbonyl (C=O) groups is 1. The van der Waals surface area contributed by atoms with Crippen molar-refractivity contribution in [3.63, 3.8) is 0 Å². The topological polar surface area (TPSA) is 86.3 Å². The number of aromatic nitrogens is 1. The molecule has 0 aliphatic rings. The standard InChI is InChI=1S/C17H17ClFN3O3S2/c1-9(2)25-17(23)21-16-20-8-14(26-16)15(22-27(24)10(3)4)12-6-5-11(19)7-13(12)18/h5-8,15,22H,1,3H2,2,4H3,(H,20,21,23)/t15?,27-/m0/s1. The molecule has 2 atom stereocenters. The number of thiazole rings is 1. The van der Waals surface area contributed by atoms with E-state index in [4.69, 9.17) is 16.3 Å². The summed E-state index contributed by atoms with van der Waals surface area (Å²) in [4.78, 5) is 16.8. The number of rotatable bonds is 7. The van der Waals surface area contributed by atoms with Crippen molar-refractivity contribution in [3.05, 3.63) is 69.5 Å². The lowest BCUT2D eigenvalue weighted by molar-refractivity contribution is 0.192. The Morgan fingerprint density at radius 1 is 1.44 bits per heavy atom. The van der Waals surface area contributed by atoms with E-state index in [0.29, 0.717) is 15.3 Å². The van der Waals surface area contributed by atoms with Crippen molar-refractivity contribution in [1.82, 2.24) is 9.71 Å². The number of halogens is 2. The van der Waals surface area contributed by atoms with E-state index >= 15 is 0 Å². The zero-order valence-electron chi connectivity index (χ0n) is 14.5. The van der Waals surface area contributed by atoms with Crippen LogP contribution in [-0.4, -0.2) is 15.6 Å². The number of hydrogen-bond acceptors (Lipinski definition) is 6. The second-order valence-corrected chi connectivity index (χ2v) is 8.41. The van der Waals surface area contributed by atoms with Crippen molar-refractivity contribution in [1.29, 1.82) is 0 Å². The van der Waals surface area contributed by atoms with Crippen LogP contribution in [0, 0.1) is 5.82 Å². The van der Waals surface area contributed by atoms with Gasteiger partial charge in [-0.3, -0.25) is 5.32 Å². The molecule has 1 aromatic carbocycles. The highest BCUT2D eigenvalue weighted by Gasteiger charge is 2.26. The van der Waals surface area contributed by atoms with E-state index in [-0.39, 0.29) is 15.9 Å². The van der Waals surface area contributed by atoms with Gasteiger partial charge >= 0.3 is 6.09 Å². The fourth-order valence-corrected chi connectivity index (χ4v) is 3.86. The summed E-state index contributed by atoms with van der Waals surface area (Å²) in [6.45, 7) is 10.3.